The minimum Gasteiger partial charge on any atom is -0.443 e. The highest BCUT2D eigenvalue weighted by molar-refractivity contribution is 5.90. The molecule has 2 atom stereocenters. The molecule has 0 radical (unpaired) electrons. The number of carbonyl (C=O) groups is 1. The summed E-state index contributed by atoms with van der Waals surface area (Å²) in [5.41, 5.74) is 2.35. The van der Waals surface area contributed by atoms with Gasteiger partial charge in [-0.1, -0.05) is 29.5 Å². The van der Waals surface area contributed by atoms with Crippen LogP contribution in [0.5, 0.6) is 6.01 Å². The molecule has 200 valence electrons. The number of cyclic esters (lactones) is 1. The second-order valence-corrected chi connectivity index (χ2v) is 9.14. The first-order valence-electron chi connectivity index (χ1n) is 12.1. The molecule has 2 aromatic carbocycles. The number of nitrogens with zero attached hydrogens (tertiary/aromatic N) is 7. The van der Waals surface area contributed by atoms with E-state index in [1.54, 1.807) is 45.9 Å². The second-order valence-electron chi connectivity index (χ2n) is 9.14. The van der Waals surface area contributed by atoms with Crippen molar-refractivity contribution in [3.05, 3.63) is 82.6 Å². The summed E-state index contributed by atoms with van der Waals surface area (Å²) >= 11 is 0. The van der Waals surface area contributed by atoms with Crippen molar-refractivity contribution in [2.24, 2.45) is 0 Å². The Labute approximate surface area is 220 Å². The number of aromatic nitrogens is 5. The number of carbonyl (C=O) groups excluding carboxylic acids is 1. The summed E-state index contributed by atoms with van der Waals surface area (Å²) in [5, 5.41) is 18.5. The lowest BCUT2D eigenvalue weighted by atomic mass is 10.0. The van der Waals surface area contributed by atoms with Crippen LogP contribution in [0.25, 0.3) is 11.1 Å². The summed E-state index contributed by atoms with van der Waals surface area (Å²) in [4.78, 5) is 27.9. The van der Waals surface area contributed by atoms with Crippen molar-refractivity contribution in [1.29, 1.82) is 0 Å². The van der Waals surface area contributed by atoms with Crippen LogP contribution in [-0.4, -0.2) is 60.9 Å². The number of rotatable bonds is 8. The molecule has 0 saturated carbocycles. The molecule has 1 fully saturated rings. The van der Waals surface area contributed by atoms with Crippen LogP contribution in [-0.2, 0) is 29.2 Å². The van der Waals surface area contributed by atoms with E-state index in [0.717, 1.165) is 5.56 Å². The SMILES string of the molecule is O=C1O[C@H](Cn2ccnn2)CN1c1ccc(-c2ccc(CO[C@H]3COc4nc([N+](=O)[O-])cn4C3)cc2)c(F)c1. The minimum atomic E-state index is -0.569. The number of amides is 1. The molecule has 1 saturated heterocycles. The highest BCUT2D eigenvalue weighted by atomic mass is 19.1. The molecule has 4 aromatic rings. The summed E-state index contributed by atoms with van der Waals surface area (Å²) in [6.45, 7) is 1.54. The summed E-state index contributed by atoms with van der Waals surface area (Å²) in [6.07, 6.45) is 3.28. The highest BCUT2D eigenvalue weighted by Gasteiger charge is 2.33. The van der Waals surface area contributed by atoms with Gasteiger partial charge in [-0.3, -0.25) is 9.47 Å². The fourth-order valence-corrected chi connectivity index (χ4v) is 4.53. The van der Waals surface area contributed by atoms with Crippen LogP contribution >= 0.6 is 0 Å². The first kappa shape index (κ1) is 24.5. The van der Waals surface area contributed by atoms with E-state index < -0.39 is 22.9 Å². The Bertz CT molecular complexity index is 1510. The van der Waals surface area contributed by atoms with Gasteiger partial charge in [0.1, 0.15) is 30.8 Å². The number of imidazole rings is 1. The molecule has 0 unspecified atom stereocenters. The van der Waals surface area contributed by atoms with Crippen LogP contribution in [0.4, 0.5) is 20.7 Å². The number of benzene rings is 2. The van der Waals surface area contributed by atoms with Gasteiger partial charge in [0.2, 0.25) is 0 Å². The molecular weight excluding hydrogens is 513 g/mol. The molecule has 13 nitrogen and oxygen atoms in total. The number of halogens is 1. The molecule has 0 spiro atoms. The fourth-order valence-electron chi connectivity index (χ4n) is 4.53. The van der Waals surface area contributed by atoms with Gasteiger partial charge in [-0.2, -0.15) is 0 Å². The first-order chi connectivity index (χ1) is 18.9. The van der Waals surface area contributed by atoms with Crippen molar-refractivity contribution in [3.63, 3.8) is 0 Å². The molecule has 6 rings (SSSR count). The third kappa shape index (κ3) is 5.13. The van der Waals surface area contributed by atoms with Gasteiger partial charge in [0, 0.05) is 16.7 Å². The Hall–Kier alpha value is -4.85. The Balaban J connectivity index is 1.06. The molecule has 39 heavy (non-hydrogen) atoms. The zero-order valence-electron chi connectivity index (χ0n) is 20.4. The monoisotopic (exact) mass is 535 g/mol. The molecule has 2 aliphatic rings. The second kappa shape index (κ2) is 10.1. The normalized spacial score (nSPS) is 18.5. The van der Waals surface area contributed by atoms with Gasteiger partial charge in [-0.25, -0.2) is 13.9 Å². The van der Waals surface area contributed by atoms with E-state index in [1.807, 2.05) is 12.1 Å². The maximum Gasteiger partial charge on any atom is 0.414 e. The van der Waals surface area contributed by atoms with Crippen molar-refractivity contribution in [2.75, 3.05) is 18.1 Å². The van der Waals surface area contributed by atoms with Crippen LogP contribution in [0.1, 0.15) is 5.56 Å². The van der Waals surface area contributed by atoms with Crippen LogP contribution in [0, 0.1) is 15.9 Å². The molecule has 2 aromatic heterocycles. The van der Waals surface area contributed by atoms with Crippen LogP contribution in [0.15, 0.2) is 61.1 Å². The number of fused-ring (bicyclic) bond motifs is 1. The predicted octanol–water partition coefficient (Wildman–Crippen LogP) is 3.19. The largest absolute Gasteiger partial charge is 0.443 e. The quantitative estimate of drug-likeness (QED) is 0.246. The van der Waals surface area contributed by atoms with Gasteiger partial charge in [0.05, 0.1) is 38.1 Å². The summed E-state index contributed by atoms with van der Waals surface area (Å²) < 4.78 is 35.0. The number of hydrogen-bond donors (Lipinski definition) is 0. The lowest BCUT2D eigenvalue weighted by molar-refractivity contribution is -0.389. The Morgan fingerprint density at radius 2 is 2.03 bits per heavy atom. The number of anilines is 1. The van der Waals surface area contributed by atoms with E-state index in [0.29, 0.717) is 29.9 Å². The van der Waals surface area contributed by atoms with E-state index in [4.69, 9.17) is 14.2 Å². The van der Waals surface area contributed by atoms with Gasteiger partial charge in [0.15, 0.2) is 0 Å². The fraction of sp³-hybridized carbons (Fsp3) is 0.280. The van der Waals surface area contributed by atoms with Crippen molar-refractivity contribution in [1.82, 2.24) is 24.5 Å². The first-order valence-corrected chi connectivity index (χ1v) is 12.1. The zero-order chi connectivity index (χ0) is 26.9. The maximum absolute atomic E-state index is 15.1. The smallest absolute Gasteiger partial charge is 0.414 e. The van der Waals surface area contributed by atoms with Gasteiger partial charge in [-0.15, -0.1) is 5.10 Å². The average molecular weight is 535 g/mol. The van der Waals surface area contributed by atoms with Crippen molar-refractivity contribution < 1.29 is 28.3 Å². The van der Waals surface area contributed by atoms with Gasteiger partial charge in [0.25, 0.3) is 0 Å². The van der Waals surface area contributed by atoms with Crippen molar-refractivity contribution in [2.45, 2.75) is 31.9 Å². The van der Waals surface area contributed by atoms with E-state index in [2.05, 4.69) is 15.3 Å². The van der Waals surface area contributed by atoms with Crippen LogP contribution in [0.3, 0.4) is 0 Å². The third-order valence-corrected chi connectivity index (χ3v) is 6.46. The van der Waals surface area contributed by atoms with E-state index >= 15 is 4.39 Å². The lowest BCUT2D eigenvalue weighted by Gasteiger charge is -2.22. The van der Waals surface area contributed by atoms with Gasteiger partial charge < -0.3 is 24.3 Å². The molecule has 1 amide bonds. The van der Waals surface area contributed by atoms with E-state index in [1.165, 1.54) is 17.2 Å². The number of nitro groups is 1. The van der Waals surface area contributed by atoms with Gasteiger partial charge in [-0.05, 0) is 34.2 Å². The van der Waals surface area contributed by atoms with Gasteiger partial charge >= 0.3 is 17.9 Å². The number of hydrogen-bond acceptors (Lipinski definition) is 9. The predicted molar refractivity (Wildman–Crippen MR) is 132 cm³/mol. The summed E-state index contributed by atoms with van der Waals surface area (Å²) in [6, 6.07) is 12.1. The molecule has 4 heterocycles. The molecule has 2 aliphatic heterocycles. The zero-order valence-corrected chi connectivity index (χ0v) is 20.4. The Morgan fingerprint density at radius 3 is 2.77 bits per heavy atom. The molecule has 0 N–H and O–H groups in total. The molecule has 14 heteroatoms. The summed E-state index contributed by atoms with van der Waals surface area (Å²) in [5.74, 6) is -0.733. The highest BCUT2D eigenvalue weighted by Crippen LogP contribution is 2.30. The maximum atomic E-state index is 15.1. The molecule has 0 bridgehead atoms. The lowest BCUT2D eigenvalue weighted by Crippen LogP contribution is -2.32. The third-order valence-electron chi connectivity index (χ3n) is 6.46. The molecular formula is C25H22FN7O6. The molecule has 0 aliphatic carbocycles. The topological polar surface area (TPSA) is 140 Å². The van der Waals surface area contributed by atoms with Crippen molar-refractivity contribution in [3.8, 4) is 17.1 Å². The standard InChI is InChI=1S/C25H22FN7O6/c26-22-9-18(32-12-19(39-25(32)34)11-31-8-7-27-29-31)5-6-21(22)17-3-1-16(2-4-17)14-37-20-10-30-13-23(33(35)36)28-24(30)38-15-20/h1-9,13,19-20H,10-12,14-15H2/t19-,20-/m1/s1. The van der Waals surface area contributed by atoms with Crippen LogP contribution in [0.2, 0.25) is 0 Å². The van der Waals surface area contributed by atoms with Crippen molar-refractivity contribution >= 4 is 17.6 Å². The average Bonchev–Trinajstić information content (AvgIpc) is 3.68. The minimum absolute atomic E-state index is 0.201. The number of ether oxygens (including phenoxy) is 3. The Kier molecular flexibility index (Phi) is 6.36. The van der Waals surface area contributed by atoms with E-state index in [9.17, 15) is 14.9 Å². The Morgan fingerprint density at radius 1 is 1.18 bits per heavy atom. The van der Waals surface area contributed by atoms with Crippen LogP contribution < -0.4 is 9.64 Å². The van der Waals surface area contributed by atoms with E-state index in [-0.39, 0.29) is 37.7 Å². The summed E-state index contributed by atoms with van der Waals surface area (Å²) in [7, 11) is 0.